The zero-order valence-electron chi connectivity index (χ0n) is 10.9. The molecule has 0 aliphatic rings. The van der Waals surface area contributed by atoms with Crippen molar-refractivity contribution in [2.24, 2.45) is 0 Å². The number of esters is 1. The highest BCUT2D eigenvalue weighted by Crippen LogP contribution is 2.15. The van der Waals surface area contributed by atoms with Crippen molar-refractivity contribution < 1.29 is 9.53 Å². The number of hydrogen-bond donors (Lipinski definition) is 1. The van der Waals surface area contributed by atoms with Crippen LogP contribution in [0.3, 0.4) is 0 Å². The van der Waals surface area contributed by atoms with E-state index >= 15 is 0 Å². The molecule has 0 aliphatic carbocycles. The normalized spacial score (nSPS) is 10.4. The molecule has 0 spiro atoms. The second kappa shape index (κ2) is 6.04. The molecule has 2 N–H and O–H groups in total. The molecule has 0 aliphatic heterocycles. The lowest BCUT2D eigenvalue weighted by atomic mass is 10.3. The summed E-state index contributed by atoms with van der Waals surface area (Å²) in [4.78, 5) is 11.7. The molecular formula is C14H17N3O2. The van der Waals surface area contributed by atoms with Crippen LogP contribution in [0.2, 0.25) is 0 Å². The maximum absolute atomic E-state index is 11.7. The van der Waals surface area contributed by atoms with E-state index in [1.807, 2.05) is 25.1 Å². The third-order valence-electron chi connectivity index (χ3n) is 2.71. The Morgan fingerprint density at radius 1 is 1.37 bits per heavy atom. The fourth-order valence-corrected chi connectivity index (χ4v) is 1.65. The SMILES string of the molecule is CCCCOC(=O)c1ccn(-c2ccccc2N)n1. The molecule has 0 amide bonds. The van der Waals surface area contributed by atoms with Crippen LogP contribution in [0.1, 0.15) is 30.3 Å². The Morgan fingerprint density at radius 3 is 2.89 bits per heavy atom. The van der Waals surface area contributed by atoms with Crippen LogP contribution in [0.25, 0.3) is 5.69 Å². The fourth-order valence-electron chi connectivity index (χ4n) is 1.65. The first-order chi connectivity index (χ1) is 9.22. The van der Waals surface area contributed by atoms with Gasteiger partial charge in [-0.3, -0.25) is 0 Å². The third kappa shape index (κ3) is 3.13. The van der Waals surface area contributed by atoms with Gasteiger partial charge in [-0.25, -0.2) is 9.48 Å². The predicted octanol–water partition coefficient (Wildman–Crippen LogP) is 2.41. The Kier molecular flexibility index (Phi) is 4.18. The first-order valence-electron chi connectivity index (χ1n) is 6.30. The van der Waals surface area contributed by atoms with E-state index in [0.29, 0.717) is 18.0 Å². The quantitative estimate of drug-likeness (QED) is 0.508. The third-order valence-corrected chi connectivity index (χ3v) is 2.71. The van der Waals surface area contributed by atoms with Gasteiger partial charge < -0.3 is 10.5 Å². The summed E-state index contributed by atoms with van der Waals surface area (Å²) >= 11 is 0. The number of rotatable bonds is 5. The van der Waals surface area contributed by atoms with Gasteiger partial charge in [-0.15, -0.1) is 0 Å². The number of para-hydroxylation sites is 2. The van der Waals surface area contributed by atoms with Crippen LogP contribution in [-0.4, -0.2) is 22.4 Å². The lowest BCUT2D eigenvalue weighted by Gasteiger charge is -2.04. The number of nitrogen functional groups attached to an aromatic ring is 1. The van der Waals surface area contributed by atoms with Gasteiger partial charge in [0, 0.05) is 6.20 Å². The molecule has 0 unspecified atom stereocenters. The van der Waals surface area contributed by atoms with E-state index in [0.717, 1.165) is 18.5 Å². The lowest BCUT2D eigenvalue weighted by molar-refractivity contribution is 0.0492. The summed E-state index contributed by atoms with van der Waals surface area (Å²) in [6.45, 7) is 2.47. The Morgan fingerprint density at radius 2 is 2.16 bits per heavy atom. The number of carbonyl (C=O) groups excluding carboxylic acids is 1. The lowest BCUT2D eigenvalue weighted by Crippen LogP contribution is -2.08. The van der Waals surface area contributed by atoms with Gasteiger partial charge in [0.15, 0.2) is 5.69 Å². The first kappa shape index (κ1) is 13.1. The molecule has 5 heteroatoms. The van der Waals surface area contributed by atoms with E-state index < -0.39 is 5.97 Å². The first-order valence-corrected chi connectivity index (χ1v) is 6.30. The van der Waals surface area contributed by atoms with Crippen molar-refractivity contribution in [1.29, 1.82) is 0 Å². The van der Waals surface area contributed by atoms with Crippen LogP contribution in [-0.2, 0) is 4.74 Å². The average Bonchev–Trinajstić information content (AvgIpc) is 2.89. The van der Waals surface area contributed by atoms with Crippen LogP contribution in [0.5, 0.6) is 0 Å². The summed E-state index contributed by atoms with van der Waals surface area (Å²) in [6, 6.07) is 8.97. The van der Waals surface area contributed by atoms with E-state index in [-0.39, 0.29) is 0 Å². The molecule has 2 rings (SSSR count). The molecule has 5 nitrogen and oxygen atoms in total. The molecule has 1 aromatic carbocycles. The molecule has 0 bridgehead atoms. The zero-order chi connectivity index (χ0) is 13.7. The van der Waals surface area contributed by atoms with Crippen molar-refractivity contribution in [2.45, 2.75) is 19.8 Å². The number of nitrogens with two attached hydrogens (primary N) is 1. The van der Waals surface area contributed by atoms with Crippen molar-refractivity contribution >= 4 is 11.7 Å². The Labute approximate surface area is 112 Å². The largest absolute Gasteiger partial charge is 0.461 e. The van der Waals surface area contributed by atoms with Gasteiger partial charge in [-0.05, 0) is 24.6 Å². The van der Waals surface area contributed by atoms with E-state index in [4.69, 9.17) is 10.5 Å². The number of anilines is 1. The smallest absolute Gasteiger partial charge is 0.358 e. The van der Waals surface area contributed by atoms with Gasteiger partial charge in [0.1, 0.15) is 0 Å². The molecule has 2 aromatic rings. The standard InChI is InChI=1S/C14H17N3O2/c1-2-3-10-19-14(18)12-8-9-17(16-12)13-7-5-4-6-11(13)15/h4-9H,2-3,10,15H2,1H3. The van der Waals surface area contributed by atoms with Crippen molar-refractivity contribution in [3.8, 4) is 5.69 Å². The molecule has 0 atom stereocenters. The monoisotopic (exact) mass is 259 g/mol. The fraction of sp³-hybridized carbons (Fsp3) is 0.286. The summed E-state index contributed by atoms with van der Waals surface area (Å²) in [6.07, 6.45) is 3.54. The van der Waals surface area contributed by atoms with E-state index in [9.17, 15) is 4.79 Å². The minimum absolute atomic E-state index is 0.291. The number of carbonyl (C=O) groups is 1. The maximum Gasteiger partial charge on any atom is 0.358 e. The van der Waals surface area contributed by atoms with E-state index in [1.54, 1.807) is 23.0 Å². The Balaban J connectivity index is 2.11. The van der Waals surface area contributed by atoms with Crippen LogP contribution >= 0.6 is 0 Å². The second-order valence-corrected chi connectivity index (χ2v) is 4.19. The molecule has 1 aromatic heterocycles. The summed E-state index contributed by atoms with van der Waals surface area (Å²) < 4.78 is 6.68. The van der Waals surface area contributed by atoms with Gasteiger partial charge in [0.25, 0.3) is 0 Å². The minimum Gasteiger partial charge on any atom is -0.461 e. The summed E-state index contributed by atoms with van der Waals surface area (Å²) in [5.41, 5.74) is 7.50. The highest BCUT2D eigenvalue weighted by Gasteiger charge is 2.12. The van der Waals surface area contributed by atoms with Crippen molar-refractivity contribution in [1.82, 2.24) is 9.78 Å². The van der Waals surface area contributed by atoms with Crippen molar-refractivity contribution in [3.63, 3.8) is 0 Å². The Bertz CT molecular complexity index is 563. The van der Waals surface area contributed by atoms with E-state index in [1.165, 1.54) is 0 Å². The van der Waals surface area contributed by atoms with Crippen LogP contribution in [0.4, 0.5) is 5.69 Å². The molecule has 0 fully saturated rings. The highest BCUT2D eigenvalue weighted by molar-refractivity contribution is 5.87. The van der Waals surface area contributed by atoms with Crippen molar-refractivity contribution in [3.05, 3.63) is 42.2 Å². The summed E-state index contributed by atoms with van der Waals surface area (Å²) in [5.74, 6) is -0.401. The molecular weight excluding hydrogens is 242 g/mol. The van der Waals surface area contributed by atoms with Crippen LogP contribution in [0.15, 0.2) is 36.5 Å². The Hall–Kier alpha value is -2.30. The summed E-state index contributed by atoms with van der Waals surface area (Å²) in [7, 11) is 0. The van der Waals surface area contributed by atoms with Crippen LogP contribution < -0.4 is 5.73 Å². The molecule has 19 heavy (non-hydrogen) atoms. The number of benzene rings is 1. The van der Waals surface area contributed by atoms with Crippen LogP contribution in [0, 0.1) is 0 Å². The van der Waals surface area contributed by atoms with Crippen molar-refractivity contribution in [2.75, 3.05) is 12.3 Å². The zero-order valence-corrected chi connectivity index (χ0v) is 10.9. The second-order valence-electron chi connectivity index (χ2n) is 4.19. The van der Waals surface area contributed by atoms with Gasteiger partial charge in [0.05, 0.1) is 18.0 Å². The highest BCUT2D eigenvalue weighted by atomic mass is 16.5. The molecule has 100 valence electrons. The number of ether oxygens (including phenoxy) is 1. The molecule has 0 saturated heterocycles. The van der Waals surface area contributed by atoms with Gasteiger partial charge in [-0.2, -0.15) is 5.10 Å². The number of unbranched alkanes of at least 4 members (excludes halogenated alkanes) is 1. The minimum atomic E-state index is -0.401. The molecule has 1 heterocycles. The molecule has 0 radical (unpaired) electrons. The topological polar surface area (TPSA) is 70.1 Å². The van der Waals surface area contributed by atoms with Gasteiger partial charge >= 0.3 is 5.97 Å². The predicted molar refractivity (Wildman–Crippen MR) is 73.2 cm³/mol. The number of nitrogens with zero attached hydrogens (tertiary/aromatic N) is 2. The molecule has 0 saturated carbocycles. The van der Waals surface area contributed by atoms with Gasteiger partial charge in [-0.1, -0.05) is 25.5 Å². The van der Waals surface area contributed by atoms with E-state index in [2.05, 4.69) is 5.10 Å². The number of aromatic nitrogens is 2. The van der Waals surface area contributed by atoms with Gasteiger partial charge in [0.2, 0.25) is 0 Å². The average molecular weight is 259 g/mol. The number of hydrogen-bond acceptors (Lipinski definition) is 4. The summed E-state index contributed by atoms with van der Waals surface area (Å²) in [5, 5.41) is 4.18. The maximum atomic E-state index is 11.7.